The number of hydrogen-bond donors (Lipinski definition) is 1. The summed E-state index contributed by atoms with van der Waals surface area (Å²) in [5.41, 5.74) is 1.55. The van der Waals surface area contributed by atoms with E-state index in [0.29, 0.717) is 0 Å². The lowest BCUT2D eigenvalue weighted by atomic mass is 10.2. The summed E-state index contributed by atoms with van der Waals surface area (Å²) >= 11 is 11.4. The second-order valence-corrected chi connectivity index (χ2v) is 3.47. The summed E-state index contributed by atoms with van der Waals surface area (Å²) in [7, 11) is 1.23. The number of nitro groups is 1. The van der Waals surface area contributed by atoms with Crippen molar-refractivity contribution in [3.8, 4) is 0 Å². The highest BCUT2D eigenvalue weighted by Gasteiger charge is 2.19. The third-order valence-electron chi connectivity index (χ3n) is 1.66. The van der Waals surface area contributed by atoms with Gasteiger partial charge in [-0.2, -0.15) is 0 Å². The Morgan fingerprint density at radius 2 is 2.12 bits per heavy atom. The highest BCUT2D eigenvalue weighted by atomic mass is 35.5. The van der Waals surface area contributed by atoms with Crippen LogP contribution in [0.15, 0.2) is 12.1 Å². The summed E-state index contributed by atoms with van der Waals surface area (Å²) in [6, 6.07) is 2.08. The second-order valence-electron chi connectivity index (χ2n) is 2.68. The van der Waals surface area contributed by atoms with Crippen LogP contribution in [0.25, 0.3) is 0 Å². The van der Waals surface area contributed by atoms with Crippen molar-refractivity contribution in [3.63, 3.8) is 0 Å². The Labute approximate surface area is 100 Å². The molecular weight excluding hydrogens is 259 g/mol. The Morgan fingerprint density at radius 1 is 1.50 bits per heavy atom. The molecule has 0 unspecified atom stereocenters. The average Bonchev–Trinajstić information content (AvgIpc) is 2.21. The predicted molar refractivity (Wildman–Crippen MR) is 57.6 cm³/mol. The van der Waals surface area contributed by atoms with E-state index in [1.807, 2.05) is 5.48 Å². The van der Waals surface area contributed by atoms with Crippen LogP contribution in [-0.2, 0) is 4.84 Å². The van der Waals surface area contributed by atoms with Gasteiger partial charge in [0.05, 0.1) is 27.6 Å². The van der Waals surface area contributed by atoms with Gasteiger partial charge in [0, 0.05) is 12.1 Å². The Hall–Kier alpha value is -1.37. The average molecular weight is 265 g/mol. The fraction of sp³-hybridized carbons (Fsp3) is 0.125. The standard InChI is InChI=1S/C8H6Cl2N2O4/c1-16-11-8(13)5-2-4(12(14)15)3-6(9)7(5)10/h2-3H,1H3,(H,11,13). The number of benzene rings is 1. The minimum atomic E-state index is -0.710. The number of halogens is 2. The van der Waals surface area contributed by atoms with Gasteiger partial charge in [-0.3, -0.25) is 19.7 Å². The Bertz CT molecular complexity index is 450. The molecule has 16 heavy (non-hydrogen) atoms. The minimum absolute atomic E-state index is 0.0678. The van der Waals surface area contributed by atoms with Gasteiger partial charge in [-0.15, -0.1) is 0 Å². The summed E-state index contributed by atoms with van der Waals surface area (Å²) in [6.45, 7) is 0. The molecule has 8 heteroatoms. The normalized spacial score (nSPS) is 9.94. The number of carbonyl (C=O) groups is 1. The first kappa shape index (κ1) is 12.7. The van der Waals surface area contributed by atoms with Gasteiger partial charge in [0.2, 0.25) is 0 Å². The number of carbonyl (C=O) groups excluding carboxylic acids is 1. The number of hydroxylamine groups is 1. The molecule has 6 nitrogen and oxygen atoms in total. The molecule has 0 heterocycles. The number of nitro benzene ring substituents is 1. The summed E-state index contributed by atoms with van der Waals surface area (Å²) in [4.78, 5) is 25.6. The molecule has 1 N–H and O–H groups in total. The van der Waals surface area contributed by atoms with Crippen molar-refractivity contribution < 1.29 is 14.6 Å². The summed E-state index contributed by atoms with van der Waals surface area (Å²) in [5.74, 6) is -0.710. The van der Waals surface area contributed by atoms with Crippen molar-refractivity contribution in [1.29, 1.82) is 0 Å². The molecule has 0 radical (unpaired) electrons. The van der Waals surface area contributed by atoms with Crippen LogP contribution in [0.2, 0.25) is 10.0 Å². The van der Waals surface area contributed by atoms with Gasteiger partial charge >= 0.3 is 0 Å². The van der Waals surface area contributed by atoms with Crippen molar-refractivity contribution in [2.45, 2.75) is 0 Å². The smallest absolute Gasteiger partial charge is 0.276 e. The van der Waals surface area contributed by atoms with Gasteiger partial charge in [0.1, 0.15) is 0 Å². The van der Waals surface area contributed by atoms with Gasteiger partial charge in [-0.1, -0.05) is 23.2 Å². The van der Waals surface area contributed by atoms with Crippen LogP contribution >= 0.6 is 23.2 Å². The molecule has 0 aliphatic carbocycles. The van der Waals surface area contributed by atoms with E-state index < -0.39 is 10.8 Å². The molecule has 0 saturated heterocycles. The van der Waals surface area contributed by atoms with E-state index in [1.165, 1.54) is 7.11 Å². The lowest BCUT2D eigenvalue weighted by molar-refractivity contribution is -0.384. The molecule has 0 atom stereocenters. The molecule has 0 aliphatic heterocycles. The fourth-order valence-corrected chi connectivity index (χ4v) is 1.40. The molecule has 0 spiro atoms. The zero-order chi connectivity index (χ0) is 12.3. The number of hydrogen-bond acceptors (Lipinski definition) is 4. The molecule has 1 rings (SSSR count). The first-order valence-corrected chi connectivity index (χ1v) is 4.69. The second kappa shape index (κ2) is 5.11. The highest BCUT2D eigenvalue weighted by molar-refractivity contribution is 6.44. The summed E-state index contributed by atoms with van der Waals surface area (Å²) in [6.07, 6.45) is 0. The van der Waals surface area contributed by atoms with E-state index in [0.717, 1.165) is 12.1 Å². The van der Waals surface area contributed by atoms with Crippen LogP contribution in [0.3, 0.4) is 0 Å². The number of nitrogens with zero attached hydrogens (tertiary/aromatic N) is 1. The Balaban J connectivity index is 3.26. The quantitative estimate of drug-likeness (QED) is 0.670. The van der Waals surface area contributed by atoms with Crippen LogP contribution < -0.4 is 5.48 Å². The van der Waals surface area contributed by atoms with E-state index in [-0.39, 0.29) is 21.3 Å². The maximum atomic E-state index is 11.4. The van der Waals surface area contributed by atoms with Crippen molar-refractivity contribution in [3.05, 3.63) is 37.9 Å². The van der Waals surface area contributed by atoms with Crippen LogP contribution in [0, 0.1) is 10.1 Å². The minimum Gasteiger partial charge on any atom is -0.277 e. The van der Waals surface area contributed by atoms with Crippen molar-refractivity contribution in [1.82, 2.24) is 5.48 Å². The third kappa shape index (κ3) is 2.60. The summed E-state index contributed by atoms with van der Waals surface area (Å²) in [5, 5.41) is 10.4. The fourth-order valence-electron chi connectivity index (χ4n) is 0.993. The molecule has 0 fully saturated rings. The molecule has 0 bridgehead atoms. The molecule has 86 valence electrons. The van der Waals surface area contributed by atoms with E-state index >= 15 is 0 Å². The zero-order valence-electron chi connectivity index (χ0n) is 7.99. The maximum Gasteiger partial charge on any atom is 0.276 e. The van der Waals surface area contributed by atoms with E-state index in [2.05, 4.69) is 4.84 Å². The first-order valence-electron chi connectivity index (χ1n) is 3.94. The van der Waals surface area contributed by atoms with Gasteiger partial charge in [-0.25, -0.2) is 5.48 Å². The molecule has 1 amide bonds. The topological polar surface area (TPSA) is 81.5 Å². The first-order chi connectivity index (χ1) is 7.47. The number of nitrogens with one attached hydrogen (secondary N) is 1. The summed E-state index contributed by atoms with van der Waals surface area (Å²) < 4.78 is 0. The monoisotopic (exact) mass is 264 g/mol. The third-order valence-corrected chi connectivity index (χ3v) is 2.47. The number of amides is 1. The highest BCUT2D eigenvalue weighted by Crippen LogP contribution is 2.30. The van der Waals surface area contributed by atoms with E-state index in [1.54, 1.807) is 0 Å². The largest absolute Gasteiger partial charge is 0.277 e. The molecule has 1 aromatic carbocycles. The zero-order valence-corrected chi connectivity index (χ0v) is 9.50. The number of non-ortho nitro benzene ring substituents is 1. The molecule has 0 aromatic heterocycles. The lowest BCUT2D eigenvalue weighted by Crippen LogP contribution is -2.22. The molecular formula is C8H6Cl2N2O4. The van der Waals surface area contributed by atoms with Crippen LogP contribution in [0.4, 0.5) is 5.69 Å². The van der Waals surface area contributed by atoms with Crippen molar-refractivity contribution in [2.24, 2.45) is 0 Å². The molecule has 1 aromatic rings. The molecule has 0 aliphatic rings. The van der Waals surface area contributed by atoms with Gasteiger partial charge in [-0.05, 0) is 0 Å². The predicted octanol–water partition coefficient (Wildman–Crippen LogP) is 2.19. The van der Waals surface area contributed by atoms with Gasteiger partial charge in [0.25, 0.3) is 11.6 Å². The number of rotatable bonds is 3. The van der Waals surface area contributed by atoms with Gasteiger partial charge < -0.3 is 0 Å². The van der Waals surface area contributed by atoms with Crippen molar-refractivity contribution in [2.75, 3.05) is 7.11 Å². The SMILES string of the molecule is CONC(=O)c1cc([N+](=O)[O-])cc(Cl)c1Cl. The van der Waals surface area contributed by atoms with E-state index in [4.69, 9.17) is 23.2 Å². The van der Waals surface area contributed by atoms with Crippen LogP contribution in [0.1, 0.15) is 10.4 Å². The van der Waals surface area contributed by atoms with Crippen LogP contribution in [0.5, 0.6) is 0 Å². The molecule has 0 saturated carbocycles. The lowest BCUT2D eigenvalue weighted by Gasteiger charge is -2.05. The van der Waals surface area contributed by atoms with Crippen molar-refractivity contribution >= 4 is 34.8 Å². The van der Waals surface area contributed by atoms with Gasteiger partial charge in [0.15, 0.2) is 0 Å². The van der Waals surface area contributed by atoms with Crippen LogP contribution in [-0.4, -0.2) is 17.9 Å². The maximum absolute atomic E-state index is 11.4. The van der Waals surface area contributed by atoms with E-state index in [9.17, 15) is 14.9 Å². The Morgan fingerprint density at radius 3 is 2.62 bits per heavy atom. The Kier molecular flexibility index (Phi) is 4.05.